The molecule has 0 saturated carbocycles. The van der Waals surface area contributed by atoms with Crippen molar-refractivity contribution in [2.45, 2.75) is 149 Å². The van der Waals surface area contributed by atoms with Crippen LogP contribution in [0.15, 0.2) is 18.3 Å². The number of hydrogen-bond acceptors (Lipinski definition) is 0. The van der Waals surface area contributed by atoms with Crippen molar-refractivity contribution in [1.29, 1.82) is 0 Å². The van der Waals surface area contributed by atoms with Gasteiger partial charge in [-0.05, 0) is 24.5 Å². The Labute approximate surface area is 183 Å². The highest BCUT2D eigenvalue weighted by Crippen LogP contribution is 2.23. The van der Waals surface area contributed by atoms with Crippen LogP contribution in [0.25, 0.3) is 0 Å². The maximum Gasteiger partial charge on any atom is 0.0149 e. The largest absolute Gasteiger partial charge is 0.365 e. The first kappa shape index (κ1) is 26.3. The van der Waals surface area contributed by atoms with Gasteiger partial charge >= 0.3 is 0 Å². The summed E-state index contributed by atoms with van der Waals surface area (Å²) >= 11 is 0. The molecule has 0 amide bonds. The molecule has 1 nitrogen and oxygen atoms in total. The predicted molar refractivity (Wildman–Crippen MR) is 132 cm³/mol. The van der Waals surface area contributed by atoms with Crippen molar-refractivity contribution in [3.63, 3.8) is 0 Å². The molecule has 1 atom stereocenters. The van der Waals surface area contributed by atoms with Gasteiger partial charge in [-0.15, -0.1) is 0 Å². The average molecular weight is 404 g/mol. The van der Waals surface area contributed by atoms with E-state index in [-0.39, 0.29) is 0 Å². The molecule has 1 aromatic heterocycles. The number of rotatable bonds is 22. The lowest BCUT2D eigenvalue weighted by atomic mass is 9.90. The Bertz CT molecular complexity index is 408. The van der Waals surface area contributed by atoms with E-state index in [1.807, 2.05) is 0 Å². The van der Waals surface area contributed by atoms with Crippen molar-refractivity contribution in [2.24, 2.45) is 5.92 Å². The number of H-pyrrole nitrogens is 1. The van der Waals surface area contributed by atoms with E-state index in [1.54, 1.807) is 0 Å². The smallest absolute Gasteiger partial charge is 0.0149 e. The van der Waals surface area contributed by atoms with Gasteiger partial charge in [0.05, 0.1) is 0 Å². The van der Waals surface area contributed by atoms with Crippen LogP contribution >= 0.6 is 0 Å². The van der Waals surface area contributed by atoms with Crippen LogP contribution in [0.2, 0.25) is 0 Å². The third-order valence-corrected chi connectivity index (χ3v) is 6.60. The minimum Gasteiger partial charge on any atom is -0.365 e. The standard InChI is InChI=1S/C28H53N/c1-3-5-7-9-11-13-14-16-18-20-23-27(26-28-24-21-25-29-28)22-19-17-15-12-10-8-6-4-2/h21,24-25,27,29H,3-20,22-23,26H2,1-2H3. The Morgan fingerprint density at radius 1 is 0.586 bits per heavy atom. The second kappa shape index (κ2) is 20.5. The molecule has 1 unspecified atom stereocenters. The fourth-order valence-corrected chi connectivity index (χ4v) is 4.64. The van der Waals surface area contributed by atoms with E-state index in [1.165, 1.54) is 141 Å². The van der Waals surface area contributed by atoms with E-state index in [4.69, 9.17) is 0 Å². The molecular weight excluding hydrogens is 350 g/mol. The first-order chi connectivity index (χ1) is 14.4. The fraction of sp³-hybridized carbons (Fsp3) is 0.857. The molecule has 1 rings (SSSR count). The van der Waals surface area contributed by atoms with Crippen molar-refractivity contribution >= 4 is 0 Å². The van der Waals surface area contributed by atoms with Crippen molar-refractivity contribution < 1.29 is 0 Å². The lowest BCUT2D eigenvalue weighted by Gasteiger charge is -2.16. The zero-order valence-corrected chi connectivity index (χ0v) is 20.2. The van der Waals surface area contributed by atoms with Gasteiger partial charge in [0, 0.05) is 11.9 Å². The number of aromatic nitrogens is 1. The van der Waals surface area contributed by atoms with Gasteiger partial charge in [-0.2, -0.15) is 0 Å². The van der Waals surface area contributed by atoms with Gasteiger partial charge in [0.2, 0.25) is 0 Å². The van der Waals surface area contributed by atoms with Crippen LogP contribution in [-0.4, -0.2) is 4.98 Å². The van der Waals surface area contributed by atoms with Gasteiger partial charge in [0.25, 0.3) is 0 Å². The van der Waals surface area contributed by atoms with E-state index in [0.29, 0.717) is 0 Å². The molecule has 0 aromatic carbocycles. The molecule has 0 bridgehead atoms. The molecule has 0 spiro atoms. The molecule has 29 heavy (non-hydrogen) atoms. The number of aromatic amines is 1. The van der Waals surface area contributed by atoms with Crippen molar-refractivity contribution in [3.8, 4) is 0 Å². The monoisotopic (exact) mass is 403 g/mol. The van der Waals surface area contributed by atoms with E-state index < -0.39 is 0 Å². The maximum absolute atomic E-state index is 3.44. The Morgan fingerprint density at radius 2 is 1.00 bits per heavy atom. The summed E-state index contributed by atoms with van der Waals surface area (Å²) in [5.41, 5.74) is 1.45. The van der Waals surface area contributed by atoms with Gasteiger partial charge in [-0.3, -0.25) is 0 Å². The van der Waals surface area contributed by atoms with Crippen LogP contribution in [0.1, 0.15) is 148 Å². The molecular formula is C28H53N. The molecule has 0 aliphatic rings. The maximum atomic E-state index is 3.44. The van der Waals surface area contributed by atoms with Gasteiger partial charge in [-0.25, -0.2) is 0 Å². The Balaban J connectivity index is 2.07. The van der Waals surface area contributed by atoms with Crippen LogP contribution < -0.4 is 0 Å². The third kappa shape index (κ3) is 16.7. The van der Waals surface area contributed by atoms with E-state index in [0.717, 1.165) is 5.92 Å². The quantitative estimate of drug-likeness (QED) is 0.185. The summed E-state index contributed by atoms with van der Waals surface area (Å²) in [6.07, 6.45) is 32.2. The van der Waals surface area contributed by atoms with Crippen LogP contribution in [-0.2, 0) is 6.42 Å². The van der Waals surface area contributed by atoms with E-state index >= 15 is 0 Å². The minimum absolute atomic E-state index is 0.891. The minimum atomic E-state index is 0.891. The molecule has 1 heterocycles. The molecule has 1 aromatic rings. The lowest BCUT2D eigenvalue weighted by Crippen LogP contribution is -2.05. The normalized spacial score (nSPS) is 12.5. The Kier molecular flexibility index (Phi) is 18.6. The van der Waals surface area contributed by atoms with E-state index in [2.05, 4.69) is 37.2 Å². The molecule has 0 radical (unpaired) electrons. The van der Waals surface area contributed by atoms with Crippen LogP contribution in [0.5, 0.6) is 0 Å². The highest BCUT2D eigenvalue weighted by molar-refractivity contribution is 5.04. The number of nitrogens with one attached hydrogen (secondary N) is 1. The summed E-state index contributed by atoms with van der Waals surface area (Å²) in [5.74, 6) is 0.891. The topological polar surface area (TPSA) is 15.8 Å². The summed E-state index contributed by atoms with van der Waals surface area (Å²) in [5, 5.41) is 0. The first-order valence-corrected chi connectivity index (χ1v) is 13.5. The van der Waals surface area contributed by atoms with Crippen molar-refractivity contribution in [1.82, 2.24) is 4.98 Å². The summed E-state index contributed by atoms with van der Waals surface area (Å²) in [4.78, 5) is 3.44. The van der Waals surface area contributed by atoms with E-state index in [9.17, 15) is 0 Å². The SMILES string of the molecule is CCCCCCCCCCCCC(CCCCCCCCCC)Cc1ccc[nH]1. The van der Waals surface area contributed by atoms with Gasteiger partial charge in [-0.1, -0.05) is 142 Å². The van der Waals surface area contributed by atoms with Gasteiger partial charge in [0.15, 0.2) is 0 Å². The Hall–Kier alpha value is -0.720. The Morgan fingerprint density at radius 3 is 1.38 bits per heavy atom. The zero-order valence-electron chi connectivity index (χ0n) is 20.2. The first-order valence-electron chi connectivity index (χ1n) is 13.5. The summed E-state index contributed by atoms with van der Waals surface area (Å²) in [6, 6.07) is 4.43. The second-order valence-corrected chi connectivity index (χ2v) is 9.50. The van der Waals surface area contributed by atoms with Gasteiger partial charge in [0.1, 0.15) is 0 Å². The highest BCUT2D eigenvalue weighted by atomic mass is 14.7. The second-order valence-electron chi connectivity index (χ2n) is 9.50. The van der Waals surface area contributed by atoms with Crippen LogP contribution in [0.3, 0.4) is 0 Å². The van der Waals surface area contributed by atoms with Crippen LogP contribution in [0, 0.1) is 5.92 Å². The van der Waals surface area contributed by atoms with Gasteiger partial charge < -0.3 is 4.98 Å². The highest BCUT2D eigenvalue weighted by Gasteiger charge is 2.10. The van der Waals surface area contributed by atoms with Crippen LogP contribution in [0.4, 0.5) is 0 Å². The lowest BCUT2D eigenvalue weighted by molar-refractivity contribution is 0.397. The number of hydrogen-bond donors (Lipinski definition) is 1. The molecule has 1 heteroatoms. The fourth-order valence-electron chi connectivity index (χ4n) is 4.64. The predicted octanol–water partition coefficient (Wildman–Crippen LogP) is 10.0. The third-order valence-electron chi connectivity index (χ3n) is 6.60. The van der Waals surface area contributed by atoms with Crippen molar-refractivity contribution in [3.05, 3.63) is 24.0 Å². The molecule has 1 N–H and O–H groups in total. The molecule has 0 aliphatic carbocycles. The molecule has 0 saturated heterocycles. The summed E-state index contributed by atoms with van der Waals surface area (Å²) in [7, 11) is 0. The summed E-state index contributed by atoms with van der Waals surface area (Å²) in [6.45, 7) is 4.61. The molecule has 170 valence electrons. The number of unbranched alkanes of at least 4 members (excludes halogenated alkanes) is 16. The zero-order chi connectivity index (χ0) is 20.8. The average Bonchev–Trinajstić information content (AvgIpc) is 3.24. The van der Waals surface area contributed by atoms with Crippen molar-refractivity contribution in [2.75, 3.05) is 0 Å². The summed E-state index contributed by atoms with van der Waals surface area (Å²) < 4.78 is 0. The molecule has 0 fully saturated rings. The molecule has 0 aliphatic heterocycles.